The molecule has 0 aromatic carbocycles. The van der Waals surface area contributed by atoms with E-state index in [4.69, 9.17) is 4.74 Å². The van der Waals surface area contributed by atoms with Gasteiger partial charge in [0.05, 0.1) is 11.0 Å². The van der Waals surface area contributed by atoms with E-state index in [1.165, 1.54) is 6.20 Å². The first-order valence-electron chi connectivity index (χ1n) is 6.16. The highest BCUT2D eigenvalue weighted by Crippen LogP contribution is 2.26. The first kappa shape index (κ1) is 12.8. The van der Waals surface area contributed by atoms with Gasteiger partial charge in [0.15, 0.2) is 0 Å². The molecule has 0 spiro atoms. The van der Waals surface area contributed by atoms with Crippen molar-refractivity contribution in [1.82, 2.24) is 4.98 Å². The molecule has 6 heteroatoms. The van der Waals surface area contributed by atoms with E-state index in [1.54, 1.807) is 12.3 Å². The van der Waals surface area contributed by atoms with Crippen molar-refractivity contribution in [3.05, 3.63) is 28.6 Å². The van der Waals surface area contributed by atoms with Crippen molar-refractivity contribution >= 4 is 11.4 Å². The number of anilines is 1. The second kappa shape index (κ2) is 5.77. The molecule has 1 aliphatic rings. The molecule has 1 aromatic heterocycles. The Kier molecular flexibility index (Phi) is 4.09. The number of hydrogen-bond donors (Lipinski definition) is 1. The number of pyridine rings is 1. The first-order chi connectivity index (χ1) is 8.72. The average Bonchev–Trinajstić information content (AvgIpc) is 2.84. The lowest BCUT2D eigenvalue weighted by atomic mass is 9.99. The van der Waals surface area contributed by atoms with Crippen LogP contribution >= 0.6 is 0 Å². The first-order valence-corrected chi connectivity index (χ1v) is 6.16. The maximum absolute atomic E-state index is 10.8. The predicted octanol–water partition coefficient (Wildman–Crippen LogP) is 2.22. The van der Waals surface area contributed by atoms with Crippen LogP contribution in [0.25, 0.3) is 0 Å². The Balaban J connectivity index is 2.00. The fourth-order valence-electron chi connectivity index (χ4n) is 2.30. The standard InChI is InChI=1S/C12H17N3O3/c1-2-12-9(4-6-18-12)7-14-10-3-5-13-8-11(10)15(16)17/h3,5,8-9,12H,2,4,6-7H2,1H3,(H,13,14). The van der Waals surface area contributed by atoms with Crippen molar-refractivity contribution in [3.8, 4) is 0 Å². The van der Waals surface area contributed by atoms with Crippen LogP contribution in [0.1, 0.15) is 19.8 Å². The molecule has 0 radical (unpaired) electrons. The fraction of sp³-hybridized carbons (Fsp3) is 0.583. The molecule has 98 valence electrons. The molecule has 2 unspecified atom stereocenters. The van der Waals surface area contributed by atoms with Crippen LogP contribution in [0.2, 0.25) is 0 Å². The molecular formula is C12H17N3O3. The normalized spacial score (nSPS) is 22.9. The summed E-state index contributed by atoms with van der Waals surface area (Å²) in [6, 6.07) is 1.63. The maximum atomic E-state index is 10.8. The highest BCUT2D eigenvalue weighted by molar-refractivity contribution is 5.59. The average molecular weight is 251 g/mol. The van der Waals surface area contributed by atoms with E-state index >= 15 is 0 Å². The van der Waals surface area contributed by atoms with Gasteiger partial charge in [-0.3, -0.25) is 15.1 Å². The summed E-state index contributed by atoms with van der Waals surface area (Å²) in [7, 11) is 0. The zero-order valence-electron chi connectivity index (χ0n) is 10.3. The molecule has 1 N–H and O–H groups in total. The molecule has 0 saturated carbocycles. The smallest absolute Gasteiger partial charge is 0.310 e. The summed E-state index contributed by atoms with van der Waals surface area (Å²) in [5, 5.41) is 14.0. The fourth-order valence-corrected chi connectivity index (χ4v) is 2.30. The SMILES string of the molecule is CCC1OCCC1CNc1ccncc1[N+](=O)[O-]. The molecule has 0 amide bonds. The second-order valence-corrected chi connectivity index (χ2v) is 4.40. The molecule has 1 aromatic rings. The molecule has 1 fully saturated rings. The van der Waals surface area contributed by atoms with Gasteiger partial charge in [-0.25, -0.2) is 0 Å². The van der Waals surface area contributed by atoms with Gasteiger partial charge in [-0.2, -0.15) is 0 Å². The Morgan fingerprint density at radius 2 is 2.50 bits per heavy atom. The molecular weight excluding hydrogens is 234 g/mol. The van der Waals surface area contributed by atoms with Crippen molar-refractivity contribution in [1.29, 1.82) is 0 Å². The lowest BCUT2D eigenvalue weighted by Crippen LogP contribution is -2.23. The number of ether oxygens (including phenoxy) is 1. The molecule has 2 atom stereocenters. The van der Waals surface area contributed by atoms with Gasteiger partial charge >= 0.3 is 5.69 Å². The Labute approximate surface area is 106 Å². The minimum absolute atomic E-state index is 0.0180. The van der Waals surface area contributed by atoms with Crippen molar-refractivity contribution in [2.45, 2.75) is 25.9 Å². The van der Waals surface area contributed by atoms with E-state index in [0.29, 0.717) is 18.2 Å². The van der Waals surface area contributed by atoms with E-state index in [2.05, 4.69) is 17.2 Å². The summed E-state index contributed by atoms with van der Waals surface area (Å²) in [4.78, 5) is 14.2. The predicted molar refractivity (Wildman–Crippen MR) is 67.5 cm³/mol. The van der Waals surface area contributed by atoms with Crippen molar-refractivity contribution < 1.29 is 9.66 Å². The summed E-state index contributed by atoms with van der Waals surface area (Å²) in [5.41, 5.74) is 0.543. The minimum atomic E-state index is -0.419. The van der Waals surface area contributed by atoms with Gasteiger partial charge < -0.3 is 10.1 Å². The number of hydrogen-bond acceptors (Lipinski definition) is 5. The number of nitrogens with one attached hydrogen (secondary N) is 1. The van der Waals surface area contributed by atoms with Crippen LogP contribution in [0.3, 0.4) is 0 Å². The Morgan fingerprint density at radius 1 is 1.67 bits per heavy atom. The largest absolute Gasteiger partial charge is 0.379 e. The maximum Gasteiger partial charge on any atom is 0.310 e. The topological polar surface area (TPSA) is 77.3 Å². The van der Waals surface area contributed by atoms with Crippen molar-refractivity contribution in [2.24, 2.45) is 5.92 Å². The Bertz CT molecular complexity index is 425. The van der Waals surface area contributed by atoms with Crippen LogP contribution in [0, 0.1) is 16.0 Å². The molecule has 1 saturated heterocycles. The molecule has 1 aliphatic heterocycles. The minimum Gasteiger partial charge on any atom is -0.379 e. The van der Waals surface area contributed by atoms with Crippen LogP contribution in [0.15, 0.2) is 18.5 Å². The van der Waals surface area contributed by atoms with E-state index in [-0.39, 0.29) is 11.8 Å². The Hall–Kier alpha value is -1.69. The van der Waals surface area contributed by atoms with Gasteiger partial charge in [0.1, 0.15) is 11.9 Å². The summed E-state index contributed by atoms with van der Waals surface area (Å²) in [6.45, 7) is 3.57. The van der Waals surface area contributed by atoms with E-state index in [9.17, 15) is 10.1 Å². The molecule has 0 bridgehead atoms. The summed E-state index contributed by atoms with van der Waals surface area (Å²) < 4.78 is 5.59. The van der Waals surface area contributed by atoms with E-state index in [0.717, 1.165) is 19.4 Å². The Morgan fingerprint density at radius 3 is 3.22 bits per heavy atom. The number of rotatable bonds is 5. The summed E-state index contributed by atoms with van der Waals surface area (Å²) in [6.07, 6.45) is 5.07. The molecule has 18 heavy (non-hydrogen) atoms. The highest BCUT2D eigenvalue weighted by Gasteiger charge is 2.27. The highest BCUT2D eigenvalue weighted by atomic mass is 16.6. The number of aromatic nitrogens is 1. The lowest BCUT2D eigenvalue weighted by Gasteiger charge is -2.17. The van der Waals surface area contributed by atoms with Gasteiger partial charge in [0.2, 0.25) is 0 Å². The summed E-state index contributed by atoms with van der Waals surface area (Å²) in [5.74, 6) is 0.419. The summed E-state index contributed by atoms with van der Waals surface area (Å²) >= 11 is 0. The van der Waals surface area contributed by atoms with E-state index in [1.807, 2.05) is 0 Å². The van der Waals surface area contributed by atoms with Crippen LogP contribution < -0.4 is 5.32 Å². The van der Waals surface area contributed by atoms with E-state index < -0.39 is 4.92 Å². The number of nitrogens with zero attached hydrogens (tertiary/aromatic N) is 2. The van der Waals surface area contributed by atoms with Gasteiger partial charge in [-0.15, -0.1) is 0 Å². The third-order valence-corrected chi connectivity index (χ3v) is 3.30. The molecule has 0 aliphatic carbocycles. The zero-order valence-corrected chi connectivity index (χ0v) is 10.3. The molecule has 6 nitrogen and oxygen atoms in total. The van der Waals surface area contributed by atoms with Crippen LogP contribution in [-0.4, -0.2) is 29.2 Å². The third-order valence-electron chi connectivity index (χ3n) is 3.30. The third kappa shape index (κ3) is 2.76. The van der Waals surface area contributed by atoms with Crippen molar-refractivity contribution in [3.63, 3.8) is 0 Å². The van der Waals surface area contributed by atoms with Gasteiger partial charge in [0, 0.05) is 25.3 Å². The second-order valence-electron chi connectivity index (χ2n) is 4.40. The van der Waals surface area contributed by atoms with Gasteiger partial charge in [-0.05, 0) is 18.9 Å². The quantitative estimate of drug-likeness (QED) is 0.641. The molecule has 2 rings (SSSR count). The molecule has 2 heterocycles. The number of nitro groups is 1. The zero-order chi connectivity index (χ0) is 13.0. The van der Waals surface area contributed by atoms with Gasteiger partial charge in [0.25, 0.3) is 0 Å². The monoisotopic (exact) mass is 251 g/mol. The van der Waals surface area contributed by atoms with Gasteiger partial charge in [-0.1, -0.05) is 6.92 Å². The van der Waals surface area contributed by atoms with Crippen molar-refractivity contribution in [2.75, 3.05) is 18.5 Å². The van der Waals surface area contributed by atoms with Crippen LogP contribution in [0.4, 0.5) is 11.4 Å². The lowest BCUT2D eigenvalue weighted by molar-refractivity contribution is -0.384. The van der Waals surface area contributed by atoms with Crippen LogP contribution in [0.5, 0.6) is 0 Å². The van der Waals surface area contributed by atoms with Crippen LogP contribution in [-0.2, 0) is 4.74 Å².